The molecule has 7 heteroatoms. The van der Waals surface area contributed by atoms with Crippen LogP contribution in [0.2, 0.25) is 10.0 Å². The highest BCUT2D eigenvalue weighted by atomic mass is 35.5. The average molecular weight is 491 g/mol. The summed E-state index contributed by atoms with van der Waals surface area (Å²) in [6.45, 7) is 10.5. The molecule has 0 radical (unpaired) electrons. The van der Waals surface area contributed by atoms with E-state index in [0.29, 0.717) is 23.1 Å². The zero-order valence-corrected chi connectivity index (χ0v) is 21.2. The highest BCUT2D eigenvalue weighted by Crippen LogP contribution is 2.57. The largest absolute Gasteiger partial charge is 0.444 e. The number of carbonyl (C=O) groups is 1. The minimum atomic E-state index is -0.497. The molecule has 1 fully saturated rings. The zero-order valence-electron chi connectivity index (χ0n) is 18.9. The van der Waals surface area contributed by atoms with Gasteiger partial charge in [-0.2, -0.15) is 0 Å². The van der Waals surface area contributed by atoms with Gasteiger partial charge >= 0.3 is 6.09 Å². The lowest BCUT2D eigenvalue weighted by molar-refractivity contribution is 0.0151. The second-order valence-electron chi connectivity index (χ2n) is 10.1. The maximum atomic E-state index is 12.9. The first-order chi connectivity index (χ1) is 15.1. The fourth-order valence-electron chi connectivity index (χ4n) is 5.34. The van der Waals surface area contributed by atoms with E-state index in [1.54, 1.807) is 6.07 Å². The monoisotopic (exact) mass is 490 g/mol. The number of piperidine rings is 1. The van der Waals surface area contributed by atoms with E-state index in [1.165, 1.54) is 16.1 Å². The maximum Gasteiger partial charge on any atom is 0.410 e. The first kappa shape index (κ1) is 22.2. The molecular weight excluding hydrogens is 463 g/mol. The molecule has 32 heavy (non-hydrogen) atoms. The normalized spacial score (nSPS) is 24.2. The van der Waals surface area contributed by atoms with Crippen molar-refractivity contribution in [1.82, 2.24) is 4.90 Å². The second-order valence-corrected chi connectivity index (χ2v) is 12.1. The number of hydrogen-bond acceptors (Lipinski definition) is 4. The number of amides is 1. The van der Waals surface area contributed by atoms with Crippen molar-refractivity contribution in [3.63, 3.8) is 0 Å². The van der Waals surface area contributed by atoms with E-state index >= 15 is 0 Å². The molecule has 1 saturated heterocycles. The summed E-state index contributed by atoms with van der Waals surface area (Å²) in [5.74, 6) is 1.28. The summed E-state index contributed by atoms with van der Waals surface area (Å²) in [6, 6.07) is 10.2. The Kier molecular flexibility index (Phi) is 5.39. The van der Waals surface area contributed by atoms with Gasteiger partial charge in [-0.25, -0.2) is 4.79 Å². The van der Waals surface area contributed by atoms with E-state index in [2.05, 4.69) is 24.0 Å². The lowest BCUT2D eigenvalue weighted by Crippen LogP contribution is -2.57. The number of anilines is 1. The summed E-state index contributed by atoms with van der Waals surface area (Å²) in [5, 5.41) is 1.29. The third-order valence-corrected chi connectivity index (χ3v) is 8.43. The Morgan fingerprint density at radius 2 is 1.97 bits per heavy atom. The van der Waals surface area contributed by atoms with Crippen LogP contribution >= 0.6 is 35.0 Å². The van der Waals surface area contributed by atoms with Crippen molar-refractivity contribution in [3.05, 3.63) is 45.9 Å². The summed E-state index contributed by atoms with van der Waals surface area (Å²) in [6.07, 6.45) is 0.702. The Morgan fingerprint density at radius 1 is 1.19 bits per heavy atom. The van der Waals surface area contributed by atoms with Crippen LogP contribution in [-0.4, -0.2) is 47.5 Å². The molecule has 2 aromatic rings. The first-order valence-corrected chi connectivity index (χ1v) is 12.8. The Hall–Kier alpha value is -1.56. The van der Waals surface area contributed by atoms with Crippen LogP contribution in [0, 0.1) is 0 Å². The van der Waals surface area contributed by atoms with Gasteiger partial charge in [0.15, 0.2) is 0 Å². The lowest BCUT2D eigenvalue weighted by Gasteiger charge is -2.48. The third-order valence-electron chi connectivity index (χ3n) is 6.87. The number of thioether (sulfide) groups is 1. The van der Waals surface area contributed by atoms with Crippen molar-refractivity contribution in [1.29, 1.82) is 0 Å². The molecule has 170 valence electrons. The maximum absolute atomic E-state index is 12.9. The molecule has 3 aliphatic rings. The second kappa shape index (κ2) is 7.75. The molecule has 0 spiro atoms. The summed E-state index contributed by atoms with van der Waals surface area (Å²) in [4.78, 5) is 18.7. The van der Waals surface area contributed by atoms with Crippen molar-refractivity contribution in [2.45, 2.75) is 56.1 Å². The lowest BCUT2D eigenvalue weighted by atomic mass is 9.77. The summed E-state index contributed by atoms with van der Waals surface area (Å²) >= 11 is 14.6. The van der Waals surface area contributed by atoms with Crippen LogP contribution in [0.25, 0.3) is 11.1 Å². The highest BCUT2D eigenvalue weighted by molar-refractivity contribution is 7.99. The Labute approximate surface area is 204 Å². The van der Waals surface area contributed by atoms with Crippen molar-refractivity contribution < 1.29 is 9.53 Å². The first-order valence-electron chi connectivity index (χ1n) is 11.1. The number of ether oxygens (including phenoxy) is 1. The quantitative estimate of drug-likeness (QED) is 0.427. The molecule has 1 amide bonds. The van der Waals surface area contributed by atoms with Gasteiger partial charge in [0.05, 0.1) is 5.69 Å². The predicted octanol–water partition coefficient (Wildman–Crippen LogP) is 7.07. The van der Waals surface area contributed by atoms with Crippen molar-refractivity contribution in [2.24, 2.45) is 0 Å². The van der Waals surface area contributed by atoms with Crippen molar-refractivity contribution in [3.8, 4) is 11.1 Å². The molecule has 4 nitrogen and oxygen atoms in total. The molecule has 0 aromatic heterocycles. The number of likely N-dealkylation sites (tertiary alicyclic amines) is 1. The standard InChI is InChI=1S/C25H28Cl2N2O2S/c1-24(2,3)31-23(30)28-8-7-25(4)19(14-28)18-11-15(17-6-5-16(26)13-20(17)27)12-21-22(18)29(25)9-10-32-21/h5-6,11-13,19H,7-10,14H2,1-4H3. The number of nitrogens with zero attached hydrogens (tertiary/aromatic N) is 2. The Morgan fingerprint density at radius 3 is 2.69 bits per heavy atom. The predicted molar refractivity (Wildman–Crippen MR) is 134 cm³/mol. The number of fused-ring (bicyclic) bond motifs is 3. The van der Waals surface area contributed by atoms with E-state index in [-0.39, 0.29) is 17.6 Å². The van der Waals surface area contributed by atoms with Gasteiger partial charge in [-0.1, -0.05) is 29.3 Å². The van der Waals surface area contributed by atoms with Gasteiger partial charge < -0.3 is 14.5 Å². The number of benzene rings is 2. The van der Waals surface area contributed by atoms with Crippen LogP contribution in [0.5, 0.6) is 0 Å². The number of hydrogen-bond donors (Lipinski definition) is 0. The Balaban J connectivity index is 1.57. The van der Waals surface area contributed by atoms with Gasteiger partial charge in [0.2, 0.25) is 0 Å². The topological polar surface area (TPSA) is 32.8 Å². The third kappa shape index (κ3) is 3.66. The molecule has 2 atom stereocenters. The highest BCUT2D eigenvalue weighted by Gasteiger charge is 2.53. The number of rotatable bonds is 1. The van der Waals surface area contributed by atoms with E-state index < -0.39 is 5.60 Å². The molecule has 2 unspecified atom stereocenters. The summed E-state index contributed by atoms with van der Waals surface area (Å²) in [7, 11) is 0. The van der Waals surface area contributed by atoms with Crippen LogP contribution in [0.15, 0.2) is 35.2 Å². The van der Waals surface area contributed by atoms with Gasteiger partial charge in [-0.3, -0.25) is 0 Å². The van der Waals surface area contributed by atoms with E-state index in [0.717, 1.165) is 29.8 Å². The average Bonchev–Trinajstić information content (AvgIpc) is 2.96. The van der Waals surface area contributed by atoms with Gasteiger partial charge in [0.1, 0.15) is 5.60 Å². The van der Waals surface area contributed by atoms with E-state index in [1.807, 2.05) is 49.6 Å². The molecular formula is C25H28Cl2N2O2S. The van der Waals surface area contributed by atoms with Gasteiger partial charge in [0, 0.05) is 57.3 Å². The smallest absolute Gasteiger partial charge is 0.410 e. The molecule has 0 bridgehead atoms. The minimum absolute atomic E-state index is 0.00100. The molecule has 0 N–H and O–H groups in total. The molecule has 3 aliphatic heterocycles. The number of carbonyl (C=O) groups excluding carboxylic acids is 1. The fraction of sp³-hybridized carbons (Fsp3) is 0.480. The fourth-order valence-corrected chi connectivity index (χ4v) is 6.92. The van der Waals surface area contributed by atoms with Crippen LogP contribution in [0.3, 0.4) is 0 Å². The molecule has 3 heterocycles. The van der Waals surface area contributed by atoms with Crippen LogP contribution in [-0.2, 0) is 4.74 Å². The Bertz CT molecular complexity index is 1100. The van der Waals surface area contributed by atoms with Gasteiger partial charge in [-0.05, 0) is 69.5 Å². The molecule has 0 saturated carbocycles. The molecule has 0 aliphatic carbocycles. The molecule has 5 rings (SSSR count). The van der Waals surface area contributed by atoms with Crippen molar-refractivity contribution in [2.75, 3.05) is 30.3 Å². The van der Waals surface area contributed by atoms with Crippen LogP contribution in [0.4, 0.5) is 10.5 Å². The number of halogens is 2. The summed E-state index contributed by atoms with van der Waals surface area (Å²) < 4.78 is 5.70. The van der Waals surface area contributed by atoms with Gasteiger partial charge in [-0.15, -0.1) is 11.8 Å². The minimum Gasteiger partial charge on any atom is -0.444 e. The van der Waals surface area contributed by atoms with E-state index in [9.17, 15) is 4.79 Å². The zero-order chi connectivity index (χ0) is 22.8. The van der Waals surface area contributed by atoms with Crippen LogP contribution in [0.1, 0.15) is 45.6 Å². The van der Waals surface area contributed by atoms with Crippen molar-refractivity contribution >= 4 is 46.7 Å². The molecule has 2 aromatic carbocycles. The SMILES string of the molecule is CC(C)(C)OC(=O)N1CCC2(C)C(C1)c1cc(-c3ccc(Cl)cc3Cl)cc3c1N2CCS3. The van der Waals surface area contributed by atoms with E-state index in [4.69, 9.17) is 27.9 Å². The van der Waals surface area contributed by atoms with Gasteiger partial charge in [0.25, 0.3) is 0 Å². The summed E-state index contributed by atoms with van der Waals surface area (Å²) in [5.41, 5.74) is 4.25. The van der Waals surface area contributed by atoms with Crippen LogP contribution < -0.4 is 4.90 Å².